The molecule has 0 aromatic heterocycles. The zero-order valence-corrected chi connectivity index (χ0v) is 23.3. The molecule has 0 bridgehead atoms. The number of amides is 2. The van der Waals surface area contributed by atoms with Gasteiger partial charge in [-0.3, -0.25) is 9.59 Å². The van der Waals surface area contributed by atoms with Crippen molar-refractivity contribution in [3.63, 3.8) is 0 Å². The Labute approximate surface area is 230 Å². The Hall–Kier alpha value is -3.69. The second-order valence-electron chi connectivity index (χ2n) is 9.84. The quantitative estimate of drug-likeness (QED) is 0.424. The lowest BCUT2D eigenvalue weighted by molar-refractivity contribution is -0.133. The van der Waals surface area contributed by atoms with E-state index in [-0.39, 0.29) is 35.2 Å². The van der Waals surface area contributed by atoms with Gasteiger partial charge in [-0.2, -0.15) is 0 Å². The van der Waals surface area contributed by atoms with Crippen molar-refractivity contribution >= 4 is 21.7 Å². The Morgan fingerprint density at radius 3 is 2.44 bits per heavy atom. The Bertz CT molecular complexity index is 1430. The highest BCUT2D eigenvalue weighted by Gasteiger charge is 2.32. The minimum absolute atomic E-state index is 0.00607. The van der Waals surface area contributed by atoms with Gasteiger partial charge in [-0.15, -0.1) is 0 Å². The number of nitrogens with one attached hydrogen (secondary N) is 2. The molecule has 206 valence electrons. The molecule has 0 unspecified atom stereocenters. The monoisotopic (exact) mass is 549 g/mol. The van der Waals surface area contributed by atoms with Crippen molar-refractivity contribution < 1.29 is 22.7 Å². The molecule has 3 aromatic rings. The first-order valence-corrected chi connectivity index (χ1v) is 14.8. The number of likely N-dealkylation sites (tertiary alicyclic amines) is 1. The number of hydrogen-bond acceptors (Lipinski definition) is 6. The Morgan fingerprint density at radius 1 is 1.03 bits per heavy atom. The second-order valence-corrected chi connectivity index (χ2v) is 11.8. The highest BCUT2D eigenvalue weighted by molar-refractivity contribution is 7.90. The standard InChI is InChI=1S/C30H35N3O5S/c1-21(34)31-19-30(35)33-16-15-27(26(20-33)22-9-5-4-6-10-22)32-18-24-17-23(13-14-28(24)38-2)25-11-7-8-12-29(25)39(3,36)37/h4-14,17,26-27,32H,15-16,18-20H2,1-3H3,(H,31,34)/t26-,27-/m0/s1. The minimum Gasteiger partial charge on any atom is -0.496 e. The zero-order valence-electron chi connectivity index (χ0n) is 22.5. The van der Waals surface area contributed by atoms with E-state index in [1.165, 1.54) is 13.2 Å². The Balaban J connectivity index is 1.57. The van der Waals surface area contributed by atoms with Crippen molar-refractivity contribution in [2.24, 2.45) is 0 Å². The summed E-state index contributed by atoms with van der Waals surface area (Å²) in [5.41, 5.74) is 3.49. The normalized spacial score (nSPS) is 17.5. The summed E-state index contributed by atoms with van der Waals surface area (Å²) in [6.45, 7) is 3.02. The topological polar surface area (TPSA) is 105 Å². The fraction of sp³-hybridized carbons (Fsp3) is 0.333. The van der Waals surface area contributed by atoms with Gasteiger partial charge in [-0.1, -0.05) is 54.6 Å². The predicted octanol–water partition coefficient (Wildman–Crippen LogP) is 3.38. The molecule has 0 spiro atoms. The molecule has 2 N–H and O–H groups in total. The molecule has 8 nitrogen and oxygen atoms in total. The molecule has 0 aliphatic carbocycles. The first kappa shape index (κ1) is 28.3. The lowest BCUT2D eigenvalue weighted by Crippen LogP contribution is -2.51. The third-order valence-corrected chi connectivity index (χ3v) is 8.27. The number of rotatable bonds is 9. The van der Waals surface area contributed by atoms with Gasteiger partial charge < -0.3 is 20.3 Å². The SMILES string of the molecule is COc1ccc(-c2ccccc2S(C)(=O)=O)cc1CN[C@H]1CCN(C(=O)CNC(C)=O)C[C@H]1c1ccccc1. The number of hydrogen-bond donors (Lipinski definition) is 2. The summed E-state index contributed by atoms with van der Waals surface area (Å²) in [7, 11) is -1.78. The molecule has 1 saturated heterocycles. The highest BCUT2D eigenvalue weighted by Crippen LogP contribution is 2.32. The van der Waals surface area contributed by atoms with Crippen LogP contribution in [0.2, 0.25) is 0 Å². The number of nitrogens with zero attached hydrogens (tertiary/aromatic N) is 1. The van der Waals surface area contributed by atoms with Crippen LogP contribution in [-0.4, -0.2) is 64.2 Å². The summed E-state index contributed by atoms with van der Waals surface area (Å²) in [5, 5.41) is 6.29. The number of methoxy groups -OCH3 is 1. The number of carbonyl (C=O) groups is 2. The maximum absolute atomic E-state index is 12.8. The van der Waals surface area contributed by atoms with Crippen molar-refractivity contribution in [1.82, 2.24) is 15.5 Å². The average Bonchev–Trinajstić information content (AvgIpc) is 2.94. The van der Waals surface area contributed by atoms with Gasteiger partial charge in [-0.05, 0) is 35.7 Å². The zero-order chi connectivity index (χ0) is 28.0. The lowest BCUT2D eigenvalue weighted by atomic mass is 9.85. The minimum atomic E-state index is -3.40. The van der Waals surface area contributed by atoms with E-state index in [9.17, 15) is 18.0 Å². The molecule has 4 rings (SSSR count). The van der Waals surface area contributed by atoms with Gasteiger partial charge >= 0.3 is 0 Å². The summed E-state index contributed by atoms with van der Waals surface area (Å²) in [4.78, 5) is 26.1. The van der Waals surface area contributed by atoms with Crippen LogP contribution in [0.25, 0.3) is 11.1 Å². The molecule has 2 atom stereocenters. The number of benzene rings is 3. The molecule has 1 aliphatic rings. The largest absolute Gasteiger partial charge is 0.496 e. The van der Waals surface area contributed by atoms with Crippen molar-refractivity contribution in [1.29, 1.82) is 0 Å². The lowest BCUT2D eigenvalue weighted by Gasteiger charge is -2.39. The van der Waals surface area contributed by atoms with Gasteiger partial charge in [0.1, 0.15) is 5.75 Å². The molecule has 9 heteroatoms. The molecule has 1 heterocycles. The summed E-state index contributed by atoms with van der Waals surface area (Å²) in [6.07, 6.45) is 1.96. The van der Waals surface area contributed by atoms with Crippen LogP contribution >= 0.6 is 0 Å². The van der Waals surface area contributed by atoms with Crippen molar-refractivity contribution in [3.8, 4) is 16.9 Å². The fourth-order valence-electron chi connectivity index (χ4n) is 5.13. The molecule has 1 fully saturated rings. The van der Waals surface area contributed by atoms with E-state index in [1.807, 2.05) is 53.4 Å². The summed E-state index contributed by atoms with van der Waals surface area (Å²) in [5.74, 6) is 0.446. The van der Waals surface area contributed by atoms with E-state index >= 15 is 0 Å². The van der Waals surface area contributed by atoms with E-state index in [2.05, 4.69) is 22.8 Å². The van der Waals surface area contributed by atoms with Crippen LogP contribution in [0.1, 0.15) is 30.4 Å². The molecular formula is C30H35N3O5S. The van der Waals surface area contributed by atoms with Crippen molar-refractivity contribution in [2.75, 3.05) is 33.0 Å². The summed E-state index contributed by atoms with van der Waals surface area (Å²) in [6, 6.07) is 22.9. The fourth-order valence-corrected chi connectivity index (χ4v) is 6.04. The third-order valence-electron chi connectivity index (χ3n) is 7.11. The van der Waals surface area contributed by atoms with E-state index in [4.69, 9.17) is 4.74 Å². The van der Waals surface area contributed by atoms with Gasteiger partial charge in [0.25, 0.3) is 0 Å². The molecule has 3 aromatic carbocycles. The smallest absolute Gasteiger partial charge is 0.241 e. The highest BCUT2D eigenvalue weighted by atomic mass is 32.2. The maximum atomic E-state index is 12.8. The van der Waals surface area contributed by atoms with Crippen LogP contribution in [0.15, 0.2) is 77.7 Å². The van der Waals surface area contributed by atoms with E-state index < -0.39 is 9.84 Å². The van der Waals surface area contributed by atoms with Gasteiger partial charge in [0.15, 0.2) is 9.84 Å². The number of carbonyl (C=O) groups excluding carboxylic acids is 2. The molecule has 2 amide bonds. The van der Waals surface area contributed by atoms with Gasteiger partial charge in [-0.25, -0.2) is 8.42 Å². The third kappa shape index (κ3) is 7.04. The predicted molar refractivity (Wildman–Crippen MR) is 151 cm³/mol. The van der Waals surface area contributed by atoms with Crippen LogP contribution in [0.4, 0.5) is 0 Å². The van der Waals surface area contributed by atoms with Crippen LogP contribution < -0.4 is 15.4 Å². The summed E-state index contributed by atoms with van der Waals surface area (Å²) >= 11 is 0. The van der Waals surface area contributed by atoms with Crippen molar-refractivity contribution in [2.45, 2.75) is 36.7 Å². The second kappa shape index (κ2) is 12.4. The Kier molecular flexibility index (Phi) is 9.04. The first-order chi connectivity index (χ1) is 18.7. The van der Waals surface area contributed by atoms with Gasteiger partial charge in [0.2, 0.25) is 11.8 Å². The maximum Gasteiger partial charge on any atom is 0.241 e. The average molecular weight is 550 g/mol. The number of piperidine rings is 1. The summed E-state index contributed by atoms with van der Waals surface area (Å²) < 4.78 is 30.4. The molecular weight excluding hydrogens is 514 g/mol. The van der Waals surface area contributed by atoms with Crippen LogP contribution in [0.5, 0.6) is 5.75 Å². The van der Waals surface area contributed by atoms with Gasteiger partial charge in [0, 0.05) is 55.9 Å². The van der Waals surface area contributed by atoms with Crippen LogP contribution in [0, 0.1) is 0 Å². The Morgan fingerprint density at radius 2 is 1.74 bits per heavy atom. The number of sulfone groups is 1. The van der Waals surface area contributed by atoms with Crippen molar-refractivity contribution in [3.05, 3.63) is 83.9 Å². The van der Waals surface area contributed by atoms with E-state index in [0.717, 1.165) is 23.1 Å². The molecule has 0 radical (unpaired) electrons. The first-order valence-electron chi connectivity index (χ1n) is 12.9. The van der Waals surface area contributed by atoms with E-state index in [0.29, 0.717) is 30.9 Å². The van der Waals surface area contributed by atoms with Gasteiger partial charge in [0.05, 0.1) is 18.6 Å². The molecule has 0 saturated carbocycles. The molecule has 39 heavy (non-hydrogen) atoms. The molecule has 1 aliphatic heterocycles. The van der Waals surface area contributed by atoms with E-state index in [1.54, 1.807) is 19.2 Å². The number of ether oxygens (including phenoxy) is 1. The van der Waals surface area contributed by atoms with Crippen LogP contribution in [0.3, 0.4) is 0 Å². The van der Waals surface area contributed by atoms with Crippen LogP contribution in [-0.2, 0) is 26.0 Å².